The molecule has 0 N–H and O–H groups in total. The van der Waals surface area contributed by atoms with Crippen LogP contribution in [0.25, 0.3) is 0 Å². The van der Waals surface area contributed by atoms with E-state index in [-0.39, 0.29) is 6.10 Å². The van der Waals surface area contributed by atoms with E-state index >= 15 is 0 Å². The molecule has 0 saturated carbocycles. The van der Waals surface area contributed by atoms with Crippen LogP contribution in [0.4, 0.5) is 0 Å². The lowest BCUT2D eigenvalue weighted by Crippen LogP contribution is -2.32. The zero-order chi connectivity index (χ0) is 12.1. The maximum Gasteiger partial charge on any atom is 0.189 e. The molecule has 17 heavy (non-hydrogen) atoms. The molecule has 0 aliphatic carbocycles. The maximum absolute atomic E-state index is 11.8. The van der Waals surface area contributed by atoms with Gasteiger partial charge in [0.1, 0.15) is 6.10 Å². The predicted octanol–water partition coefficient (Wildman–Crippen LogP) is 1.45. The van der Waals surface area contributed by atoms with Crippen LogP contribution >= 0.6 is 0 Å². The molecule has 0 aromatic heterocycles. The molecular formula is C12H16O4S. The molecule has 2 rings (SSSR count). The molecule has 4 nitrogen and oxygen atoms in total. The number of hydrogen-bond donors (Lipinski definition) is 0. The van der Waals surface area contributed by atoms with Crippen LogP contribution in [0.1, 0.15) is 5.56 Å². The summed E-state index contributed by atoms with van der Waals surface area (Å²) in [5.41, 5.74) is 1.13. The van der Waals surface area contributed by atoms with E-state index in [2.05, 4.69) is 0 Å². The molecule has 5 heteroatoms. The van der Waals surface area contributed by atoms with Gasteiger partial charge in [-0.1, -0.05) is 17.7 Å². The molecule has 0 amide bonds. The topological polar surface area (TPSA) is 44.8 Å². The fourth-order valence-electron chi connectivity index (χ4n) is 1.49. The van der Waals surface area contributed by atoms with Gasteiger partial charge < -0.3 is 9.47 Å². The van der Waals surface area contributed by atoms with Gasteiger partial charge in [-0.2, -0.15) is 0 Å². The van der Waals surface area contributed by atoms with Gasteiger partial charge in [0.05, 0.1) is 31.3 Å². The first-order valence-corrected chi connectivity index (χ1v) is 6.64. The Labute approximate surface area is 104 Å². The number of aryl methyl sites for hydroxylation is 1. The zero-order valence-electron chi connectivity index (χ0n) is 9.76. The minimum Gasteiger partial charge on any atom is -0.376 e. The van der Waals surface area contributed by atoms with Crippen molar-refractivity contribution in [2.75, 3.05) is 26.4 Å². The molecular weight excluding hydrogens is 240 g/mol. The Morgan fingerprint density at radius 3 is 2.76 bits per heavy atom. The van der Waals surface area contributed by atoms with Gasteiger partial charge in [-0.25, -0.2) is 4.21 Å². The van der Waals surface area contributed by atoms with Gasteiger partial charge >= 0.3 is 0 Å². The maximum atomic E-state index is 11.8. The molecule has 1 aromatic carbocycles. The fraction of sp³-hybridized carbons (Fsp3) is 0.500. The first-order chi connectivity index (χ1) is 8.25. The Kier molecular flexibility index (Phi) is 4.67. The van der Waals surface area contributed by atoms with Crippen molar-refractivity contribution in [3.63, 3.8) is 0 Å². The lowest BCUT2D eigenvalue weighted by atomic mass is 10.2. The quantitative estimate of drug-likeness (QED) is 0.818. The third-order valence-electron chi connectivity index (χ3n) is 2.46. The fourth-order valence-corrected chi connectivity index (χ4v) is 2.26. The van der Waals surface area contributed by atoms with Crippen molar-refractivity contribution >= 4 is 11.1 Å². The van der Waals surface area contributed by atoms with Crippen molar-refractivity contribution in [1.29, 1.82) is 0 Å². The highest BCUT2D eigenvalue weighted by Crippen LogP contribution is 2.10. The standard InChI is InChI=1S/C12H16O4S/c1-10-2-4-12(5-3-10)17(13)16-9-11-8-14-6-7-15-11/h2-5,11H,6-9H2,1H3. The van der Waals surface area contributed by atoms with Crippen LogP contribution in [-0.4, -0.2) is 36.7 Å². The van der Waals surface area contributed by atoms with E-state index in [1.807, 2.05) is 31.2 Å². The van der Waals surface area contributed by atoms with Crippen molar-refractivity contribution in [3.05, 3.63) is 29.8 Å². The second kappa shape index (κ2) is 6.26. The zero-order valence-corrected chi connectivity index (χ0v) is 10.6. The van der Waals surface area contributed by atoms with Crippen molar-refractivity contribution in [1.82, 2.24) is 0 Å². The molecule has 1 aliphatic heterocycles. The monoisotopic (exact) mass is 256 g/mol. The summed E-state index contributed by atoms with van der Waals surface area (Å²) in [7, 11) is 0. The Hall–Kier alpha value is -0.750. The lowest BCUT2D eigenvalue weighted by Gasteiger charge is -2.22. The van der Waals surface area contributed by atoms with Crippen molar-refractivity contribution < 1.29 is 17.9 Å². The van der Waals surface area contributed by atoms with Crippen LogP contribution in [0.2, 0.25) is 0 Å². The molecule has 94 valence electrons. The second-order valence-electron chi connectivity index (χ2n) is 3.90. The summed E-state index contributed by atoms with van der Waals surface area (Å²) >= 11 is -1.43. The minimum absolute atomic E-state index is 0.113. The molecule has 2 atom stereocenters. The van der Waals surface area contributed by atoms with E-state index in [0.29, 0.717) is 31.3 Å². The lowest BCUT2D eigenvalue weighted by molar-refractivity contribution is -0.1000. The molecule has 2 unspecified atom stereocenters. The molecule has 1 aromatic rings. The van der Waals surface area contributed by atoms with Gasteiger partial charge in [0.15, 0.2) is 11.1 Å². The molecule has 0 bridgehead atoms. The van der Waals surface area contributed by atoms with Gasteiger partial charge in [-0.05, 0) is 19.1 Å². The predicted molar refractivity (Wildman–Crippen MR) is 64.1 cm³/mol. The molecule has 1 heterocycles. The van der Waals surface area contributed by atoms with Crippen molar-refractivity contribution in [2.24, 2.45) is 0 Å². The largest absolute Gasteiger partial charge is 0.376 e. The number of benzene rings is 1. The van der Waals surface area contributed by atoms with Crippen LogP contribution < -0.4 is 0 Å². The highest BCUT2D eigenvalue weighted by molar-refractivity contribution is 7.80. The van der Waals surface area contributed by atoms with Gasteiger partial charge in [0.2, 0.25) is 0 Å². The molecule has 0 spiro atoms. The van der Waals surface area contributed by atoms with E-state index in [9.17, 15) is 4.21 Å². The Balaban J connectivity index is 1.82. The molecule has 1 aliphatic rings. The van der Waals surface area contributed by atoms with Crippen LogP contribution in [0.15, 0.2) is 29.2 Å². The summed E-state index contributed by atoms with van der Waals surface area (Å²) in [6.07, 6.45) is -0.113. The third-order valence-corrected chi connectivity index (χ3v) is 3.47. The number of hydrogen-bond acceptors (Lipinski definition) is 4. The first-order valence-electron chi connectivity index (χ1n) is 5.57. The highest BCUT2D eigenvalue weighted by Gasteiger charge is 2.16. The summed E-state index contributed by atoms with van der Waals surface area (Å²) in [4.78, 5) is 0.673. The van der Waals surface area contributed by atoms with Crippen molar-refractivity contribution in [3.8, 4) is 0 Å². The molecule has 1 saturated heterocycles. The van der Waals surface area contributed by atoms with Gasteiger partial charge in [-0.3, -0.25) is 4.18 Å². The average Bonchev–Trinajstić information content (AvgIpc) is 2.38. The third kappa shape index (κ3) is 3.89. The highest BCUT2D eigenvalue weighted by atomic mass is 32.2. The van der Waals surface area contributed by atoms with Crippen LogP contribution in [0.3, 0.4) is 0 Å². The first kappa shape index (κ1) is 12.7. The normalized spacial score (nSPS) is 22.3. The smallest absolute Gasteiger partial charge is 0.189 e. The number of rotatable bonds is 4. The van der Waals surface area contributed by atoms with Gasteiger partial charge in [0, 0.05) is 0 Å². The summed E-state index contributed by atoms with van der Waals surface area (Å²) in [5, 5.41) is 0. The minimum atomic E-state index is -1.43. The summed E-state index contributed by atoms with van der Waals surface area (Å²) < 4.78 is 27.7. The van der Waals surface area contributed by atoms with Gasteiger partial charge in [0.25, 0.3) is 0 Å². The van der Waals surface area contributed by atoms with E-state index < -0.39 is 11.1 Å². The van der Waals surface area contributed by atoms with E-state index in [1.54, 1.807) is 0 Å². The van der Waals surface area contributed by atoms with Crippen LogP contribution in [0, 0.1) is 6.92 Å². The Bertz CT molecular complexity index is 371. The summed E-state index contributed by atoms with van der Waals surface area (Å²) in [5.74, 6) is 0. The van der Waals surface area contributed by atoms with E-state index in [0.717, 1.165) is 5.56 Å². The SMILES string of the molecule is Cc1ccc(S(=O)OCC2COCCO2)cc1. The number of ether oxygens (including phenoxy) is 2. The van der Waals surface area contributed by atoms with Gasteiger partial charge in [-0.15, -0.1) is 0 Å². The summed E-state index contributed by atoms with van der Waals surface area (Å²) in [6.45, 7) is 3.98. The molecule has 0 radical (unpaired) electrons. The Morgan fingerprint density at radius 1 is 1.35 bits per heavy atom. The molecule has 1 fully saturated rings. The van der Waals surface area contributed by atoms with Crippen LogP contribution in [0.5, 0.6) is 0 Å². The van der Waals surface area contributed by atoms with E-state index in [1.165, 1.54) is 0 Å². The van der Waals surface area contributed by atoms with E-state index in [4.69, 9.17) is 13.7 Å². The van der Waals surface area contributed by atoms with Crippen molar-refractivity contribution in [2.45, 2.75) is 17.9 Å². The average molecular weight is 256 g/mol. The second-order valence-corrected chi connectivity index (χ2v) is 5.08. The Morgan fingerprint density at radius 2 is 2.12 bits per heavy atom. The van der Waals surface area contributed by atoms with Crippen LogP contribution in [-0.2, 0) is 24.7 Å². The summed E-state index contributed by atoms with van der Waals surface area (Å²) in [6, 6.07) is 7.45.